The van der Waals surface area contributed by atoms with Gasteiger partial charge in [-0.15, -0.1) is 10.2 Å². The van der Waals surface area contributed by atoms with E-state index in [2.05, 4.69) is 20.4 Å². The average Bonchev–Trinajstić information content (AvgIpc) is 3.30. The second kappa shape index (κ2) is 6.52. The molecule has 24 heavy (non-hydrogen) atoms. The van der Waals surface area contributed by atoms with Crippen molar-refractivity contribution in [2.24, 2.45) is 11.8 Å². The third-order valence-corrected chi connectivity index (χ3v) is 5.61. The number of furan rings is 1. The van der Waals surface area contributed by atoms with Crippen LogP contribution in [0, 0.1) is 18.8 Å². The van der Waals surface area contributed by atoms with Crippen molar-refractivity contribution in [2.45, 2.75) is 26.0 Å². The Morgan fingerprint density at radius 2 is 2.38 bits per heavy atom. The van der Waals surface area contributed by atoms with Crippen molar-refractivity contribution in [3.63, 3.8) is 0 Å². The molecule has 7 nitrogen and oxygen atoms in total. The number of aryl methyl sites for hydroxylation is 1. The van der Waals surface area contributed by atoms with Crippen LogP contribution in [-0.2, 0) is 16.1 Å². The molecule has 0 bridgehead atoms. The number of hydrogen-bond acceptors (Lipinski definition) is 7. The first kappa shape index (κ1) is 15.6. The van der Waals surface area contributed by atoms with E-state index >= 15 is 0 Å². The molecule has 2 aromatic rings. The summed E-state index contributed by atoms with van der Waals surface area (Å²) < 4.78 is 11.1. The van der Waals surface area contributed by atoms with Crippen LogP contribution in [0.5, 0.6) is 0 Å². The Balaban J connectivity index is 1.31. The molecule has 0 aliphatic carbocycles. The van der Waals surface area contributed by atoms with E-state index in [1.165, 1.54) is 0 Å². The van der Waals surface area contributed by atoms with Crippen LogP contribution in [0.15, 0.2) is 22.8 Å². The quantitative estimate of drug-likeness (QED) is 0.884. The van der Waals surface area contributed by atoms with Gasteiger partial charge in [0.1, 0.15) is 10.8 Å². The number of anilines is 1. The van der Waals surface area contributed by atoms with Gasteiger partial charge >= 0.3 is 0 Å². The van der Waals surface area contributed by atoms with Gasteiger partial charge in [0.2, 0.25) is 11.0 Å². The summed E-state index contributed by atoms with van der Waals surface area (Å²) in [5.41, 5.74) is 0. The summed E-state index contributed by atoms with van der Waals surface area (Å²) in [5, 5.41) is 13.1. The van der Waals surface area contributed by atoms with Crippen molar-refractivity contribution >= 4 is 22.4 Å². The summed E-state index contributed by atoms with van der Waals surface area (Å²) in [6.45, 7) is 4.77. The van der Waals surface area contributed by atoms with Crippen LogP contribution in [0.2, 0.25) is 0 Å². The zero-order chi connectivity index (χ0) is 16.5. The number of amides is 1. The fraction of sp³-hybridized carbons (Fsp3) is 0.562. The highest BCUT2D eigenvalue weighted by atomic mass is 32.1. The number of nitrogens with one attached hydrogen (secondary N) is 1. The molecule has 8 heteroatoms. The maximum absolute atomic E-state index is 12.2. The van der Waals surface area contributed by atoms with Crippen LogP contribution in [0.25, 0.3) is 0 Å². The van der Waals surface area contributed by atoms with E-state index in [-0.39, 0.29) is 17.9 Å². The molecule has 4 heterocycles. The molecule has 0 saturated carbocycles. The van der Waals surface area contributed by atoms with Gasteiger partial charge in [0.05, 0.1) is 25.5 Å². The summed E-state index contributed by atoms with van der Waals surface area (Å²) in [6, 6.07) is 3.67. The number of carbonyl (C=O) groups is 1. The largest absolute Gasteiger partial charge is 0.467 e. The Hall–Kier alpha value is -1.93. The van der Waals surface area contributed by atoms with Crippen LogP contribution >= 0.6 is 11.3 Å². The Morgan fingerprint density at radius 1 is 1.46 bits per heavy atom. The van der Waals surface area contributed by atoms with Crippen LogP contribution in [0.3, 0.4) is 0 Å². The topological polar surface area (TPSA) is 80.5 Å². The summed E-state index contributed by atoms with van der Waals surface area (Å²) in [4.78, 5) is 14.4. The van der Waals surface area contributed by atoms with Crippen molar-refractivity contribution in [3.05, 3.63) is 29.2 Å². The third-order valence-electron chi connectivity index (χ3n) is 4.71. The molecule has 1 N–H and O–H groups in total. The number of aromatic nitrogens is 2. The zero-order valence-corrected chi connectivity index (χ0v) is 14.3. The SMILES string of the molecule is Cc1nnc(N2C[C@H]3[C@@H](CC(=O)NCc4ccco4)CO[C@H]3C2)s1. The lowest BCUT2D eigenvalue weighted by atomic mass is 9.90. The molecule has 4 rings (SSSR count). The molecule has 0 aromatic carbocycles. The first-order valence-electron chi connectivity index (χ1n) is 8.15. The first-order chi connectivity index (χ1) is 11.7. The number of ether oxygens (including phenoxy) is 1. The number of carbonyl (C=O) groups excluding carboxylic acids is 1. The lowest BCUT2D eigenvalue weighted by Crippen LogP contribution is -2.29. The minimum Gasteiger partial charge on any atom is -0.467 e. The number of hydrogen-bond donors (Lipinski definition) is 1. The molecular formula is C16H20N4O3S. The van der Waals surface area contributed by atoms with Crippen molar-refractivity contribution in [1.82, 2.24) is 15.5 Å². The second-order valence-electron chi connectivity index (χ2n) is 6.36. The van der Waals surface area contributed by atoms with Gasteiger partial charge in [-0.3, -0.25) is 4.79 Å². The van der Waals surface area contributed by atoms with E-state index in [9.17, 15) is 4.79 Å². The summed E-state index contributed by atoms with van der Waals surface area (Å²) in [5.74, 6) is 1.45. The molecule has 2 fully saturated rings. The Labute approximate surface area is 144 Å². The fourth-order valence-electron chi connectivity index (χ4n) is 3.49. The van der Waals surface area contributed by atoms with Crippen LogP contribution < -0.4 is 10.2 Å². The predicted octanol–water partition coefficient (Wildman–Crippen LogP) is 1.60. The monoisotopic (exact) mass is 348 g/mol. The third kappa shape index (κ3) is 3.16. The van der Waals surface area contributed by atoms with Gasteiger partial charge in [0.15, 0.2) is 0 Å². The highest BCUT2D eigenvalue weighted by Gasteiger charge is 2.45. The number of fused-ring (bicyclic) bond motifs is 1. The van der Waals surface area contributed by atoms with Crippen molar-refractivity contribution in [3.8, 4) is 0 Å². The highest BCUT2D eigenvalue weighted by molar-refractivity contribution is 7.15. The highest BCUT2D eigenvalue weighted by Crippen LogP contribution is 2.38. The fourth-order valence-corrected chi connectivity index (χ4v) is 4.19. The minimum atomic E-state index is 0.0471. The smallest absolute Gasteiger partial charge is 0.220 e. The summed E-state index contributed by atoms with van der Waals surface area (Å²) >= 11 is 1.60. The maximum Gasteiger partial charge on any atom is 0.220 e. The molecule has 2 saturated heterocycles. The maximum atomic E-state index is 12.2. The van der Waals surface area contributed by atoms with E-state index in [0.717, 1.165) is 29.0 Å². The Bertz CT molecular complexity index is 702. The van der Waals surface area contributed by atoms with E-state index < -0.39 is 0 Å². The van der Waals surface area contributed by atoms with E-state index in [0.29, 0.717) is 25.5 Å². The first-order valence-corrected chi connectivity index (χ1v) is 8.96. The van der Waals surface area contributed by atoms with Gasteiger partial charge < -0.3 is 19.4 Å². The molecule has 2 aliphatic heterocycles. The number of rotatable bonds is 5. The van der Waals surface area contributed by atoms with Crippen molar-refractivity contribution < 1.29 is 13.9 Å². The molecule has 1 amide bonds. The molecule has 128 valence electrons. The van der Waals surface area contributed by atoms with E-state index in [1.54, 1.807) is 17.6 Å². The molecule has 0 unspecified atom stereocenters. The molecule has 2 aromatic heterocycles. The normalized spacial score (nSPS) is 25.9. The Kier molecular flexibility index (Phi) is 4.24. The van der Waals surface area contributed by atoms with Crippen LogP contribution in [0.1, 0.15) is 17.2 Å². The average molecular weight is 348 g/mol. The summed E-state index contributed by atoms with van der Waals surface area (Å²) in [6.07, 6.45) is 2.29. The standard InChI is InChI=1S/C16H20N4O3S/c1-10-18-19-16(24-10)20-7-13-11(9-23-14(13)8-20)5-15(21)17-6-12-3-2-4-22-12/h2-4,11,13-14H,5-9H2,1H3,(H,17,21)/t11-,13-,14-/m0/s1. The second-order valence-corrected chi connectivity index (χ2v) is 7.52. The van der Waals surface area contributed by atoms with Crippen molar-refractivity contribution in [1.29, 1.82) is 0 Å². The molecular weight excluding hydrogens is 328 g/mol. The van der Waals surface area contributed by atoms with Gasteiger partial charge in [-0.2, -0.15) is 0 Å². The molecule has 0 radical (unpaired) electrons. The number of nitrogens with zero attached hydrogens (tertiary/aromatic N) is 3. The molecule has 0 spiro atoms. The van der Waals surface area contributed by atoms with Gasteiger partial charge in [-0.1, -0.05) is 11.3 Å². The molecule has 2 aliphatic rings. The lowest BCUT2D eigenvalue weighted by Gasteiger charge is -2.18. The van der Waals surface area contributed by atoms with Gasteiger partial charge in [0, 0.05) is 25.4 Å². The van der Waals surface area contributed by atoms with E-state index in [4.69, 9.17) is 9.15 Å². The predicted molar refractivity (Wildman–Crippen MR) is 88.8 cm³/mol. The van der Waals surface area contributed by atoms with Gasteiger partial charge in [0.25, 0.3) is 0 Å². The van der Waals surface area contributed by atoms with Crippen LogP contribution in [-0.4, -0.2) is 41.9 Å². The summed E-state index contributed by atoms with van der Waals surface area (Å²) in [7, 11) is 0. The van der Waals surface area contributed by atoms with Gasteiger partial charge in [-0.25, -0.2) is 0 Å². The van der Waals surface area contributed by atoms with Crippen molar-refractivity contribution in [2.75, 3.05) is 24.6 Å². The molecule has 3 atom stereocenters. The minimum absolute atomic E-state index is 0.0471. The van der Waals surface area contributed by atoms with E-state index in [1.807, 2.05) is 19.1 Å². The van der Waals surface area contributed by atoms with Crippen LogP contribution in [0.4, 0.5) is 5.13 Å². The Morgan fingerprint density at radius 3 is 3.12 bits per heavy atom. The zero-order valence-electron chi connectivity index (χ0n) is 13.5. The van der Waals surface area contributed by atoms with Gasteiger partial charge in [-0.05, 0) is 25.0 Å². The lowest BCUT2D eigenvalue weighted by molar-refractivity contribution is -0.122.